The Bertz CT molecular complexity index is 1300. The minimum absolute atomic E-state index is 0.0329. The smallest absolute Gasteiger partial charge is 0.234 e. The van der Waals surface area contributed by atoms with Crippen LogP contribution in [0.2, 0.25) is 5.02 Å². The summed E-state index contributed by atoms with van der Waals surface area (Å²) >= 11 is 6.48. The van der Waals surface area contributed by atoms with Gasteiger partial charge in [0.15, 0.2) is 0 Å². The molecular formula is C28H33ClN6O. The van der Waals surface area contributed by atoms with Crippen molar-refractivity contribution in [3.63, 3.8) is 0 Å². The molecule has 5 rings (SSSR count). The van der Waals surface area contributed by atoms with Crippen molar-refractivity contribution in [2.45, 2.75) is 39.0 Å². The van der Waals surface area contributed by atoms with Crippen LogP contribution in [0.5, 0.6) is 0 Å². The number of piperazine rings is 1. The van der Waals surface area contributed by atoms with E-state index in [9.17, 15) is 4.79 Å². The fraction of sp³-hybridized carbons (Fsp3) is 0.393. The number of likely N-dealkylation sites (N-methyl/N-ethyl adjacent to an activating group) is 1. The van der Waals surface area contributed by atoms with Gasteiger partial charge in [-0.15, -0.1) is 0 Å². The second-order valence-corrected chi connectivity index (χ2v) is 10.7. The van der Waals surface area contributed by atoms with Crippen LogP contribution < -0.4 is 15.5 Å². The Kier molecular flexibility index (Phi) is 6.62. The molecule has 0 bridgehead atoms. The predicted molar refractivity (Wildman–Crippen MR) is 147 cm³/mol. The van der Waals surface area contributed by atoms with Crippen LogP contribution in [0.1, 0.15) is 36.2 Å². The number of benzene rings is 2. The summed E-state index contributed by atoms with van der Waals surface area (Å²) in [5.74, 6) is 0.561. The molecule has 0 radical (unpaired) electrons. The lowest BCUT2D eigenvalue weighted by Gasteiger charge is -2.34. The van der Waals surface area contributed by atoms with Gasteiger partial charge in [0.1, 0.15) is 0 Å². The lowest BCUT2D eigenvalue weighted by Crippen LogP contribution is -2.44. The summed E-state index contributed by atoms with van der Waals surface area (Å²) in [4.78, 5) is 26.4. The van der Waals surface area contributed by atoms with Crippen LogP contribution in [0, 0.1) is 6.92 Å². The van der Waals surface area contributed by atoms with Crippen molar-refractivity contribution in [1.29, 1.82) is 0 Å². The van der Waals surface area contributed by atoms with Crippen molar-refractivity contribution in [3.05, 3.63) is 70.0 Å². The van der Waals surface area contributed by atoms with Gasteiger partial charge in [0.25, 0.3) is 0 Å². The van der Waals surface area contributed by atoms with Crippen molar-refractivity contribution in [1.82, 2.24) is 14.9 Å². The number of halogens is 1. The first-order valence-corrected chi connectivity index (χ1v) is 12.9. The number of anilines is 4. The standard InChI is InChI=1S/C28H33ClN6O/c1-18-16-20(35-14-12-34(4)13-15-35)9-11-22(18)32-27-30-17-21(29)23(33-27)10-8-19-6-5-7-24-25(19)28(2,3)26(36)31-24/h5-7,9,11,16-17H,8,10,12-15H2,1-4H3,(H,31,36)(H,30,32,33). The zero-order valence-electron chi connectivity index (χ0n) is 21.4. The molecule has 0 aliphatic carbocycles. The summed E-state index contributed by atoms with van der Waals surface area (Å²) < 4.78 is 0. The van der Waals surface area contributed by atoms with E-state index in [1.54, 1.807) is 6.20 Å². The third-order valence-corrected chi connectivity index (χ3v) is 7.68. The molecule has 2 N–H and O–H groups in total. The van der Waals surface area contributed by atoms with E-state index in [1.807, 2.05) is 26.0 Å². The Labute approximate surface area is 217 Å². The Balaban J connectivity index is 1.30. The zero-order chi connectivity index (χ0) is 25.4. The molecule has 1 aromatic heterocycles. The summed E-state index contributed by atoms with van der Waals surface area (Å²) in [6.07, 6.45) is 3.04. The predicted octanol–water partition coefficient (Wildman–Crippen LogP) is 4.95. The fourth-order valence-corrected chi connectivity index (χ4v) is 5.29. The van der Waals surface area contributed by atoms with Crippen LogP contribution >= 0.6 is 11.6 Å². The van der Waals surface area contributed by atoms with Crippen molar-refractivity contribution >= 4 is 40.5 Å². The maximum Gasteiger partial charge on any atom is 0.234 e. The number of fused-ring (bicyclic) bond motifs is 1. The maximum atomic E-state index is 12.4. The molecule has 2 aliphatic rings. The van der Waals surface area contributed by atoms with Crippen LogP contribution in [0.25, 0.3) is 0 Å². The monoisotopic (exact) mass is 504 g/mol. The van der Waals surface area contributed by atoms with Gasteiger partial charge in [0, 0.05) is 43.2 Å². The van der Waals surface area contributed by atoms with E-state index in [2.05, 4.69) is 63.7 Å². The molecule has 7 nitrogen and oxygen atoms in total. The average Bonchev–Trinajstić information content (AvgIpc) is 3.09. The van der Waals surface area contributed by atoms with Gasteiger partial charge in [0.05, 0.1) is 22.3 Å². The zero-order valence-corrected chi connectivity index (χ0v) is 22.1. The largest absolute Gasteiger partial charge is 0.369 e. The molecule has 2 aromatic carbocycles. The molecule has 0 unspecified atom stereocenters. The van der Waals surface area contributed by atoms with Crippen LogP contribution in [0.4, 0.5) is 23.0 Å². The van der Waals surface area contributed by atoms with Gasteiger partial charge in [-0.05, 0) is 81.6 Å². The number of nitrogens with one attached hydrogen (secondary N) is 2. The van der Waals surface area contributed by atoms with Crippen molar-refractivity contribution in [2.75, 3.05) is 48.8 Å². The molecule has 1 fully saturated rings. The van der Waals surface area contributed by atoms with Gasteiger partial charge < -0.3 is 20.4 Å². The molecule has 3 aromatic rings. The van der Waals surface area contributed by atoms with E-state index in [-0.39, 0.29) is 5.91 Å². The SMILES string of the molecule is Cc1cc(N2CCN(C)CC2)ccc1Nc1ncc(Cl)c(CCc2cccc3c2C(C)(C)C(=O)N3)n1. The average molecular weight is 505 g/mol. The molecule has 188 valence electrons. The molecule has 3 heterocycles. The maximum absolute atomic E-state index is 12.4. The molecule has 2 aliphatic heterocycles. The third kappa shape index (κ3) is 4.77. The lowest BCUT2D eigenvalue weighted by molar-refractivity contribution is -0.119. The van der Waals surface area contributed by atoms with Gasteiger partial charge in [-0.25, -0.2) is 9.97 Å². The number of aryl methyl sites for hydroxylation is 3. The van der Waals surface area contributed by atoms with Crippen molar-refractivity contribution in [2.24, 2.45) is 0 Å². The first kappa shape index (κ1) is 24.5. The van der Waals surface area contributed by atoms with E-state index in [0.29, 0.717) is 17.4 Å². The summed E-state index contributed by atoms with van der Waals surface area (Å²) in [7, 11) is 2.17. The van der Waals surface area contributed by atoms with Crippen molar-refractivity contribution < 1.29 is 4.79 Å². The minimum Gasteiger partial charge on any atom is -0.369 e. The molecule has 0 atom stereocenters. The van der Waals surface area contributed by atoms with Crippen LogP contribution in [-0.4, -0.2) is 54.0 Å². The van der Waals surface area contributed by atoms with Crippen molar-refractivity contribution in [3.8, 4) is 0 Å². The van der Waals surface area contributed by atoms with E-state index < -0.39 is 5.41 Å². The lowest BCUT2D eigenvalue weighted by atomic mass is 9.82. The van der Waals surface area contributed by atoms with Gasteiger partial charge >= 0.3 is 0 Å². The van der Waals surface area contributed by atoms with Crippen LogP contribution in [0.15, 0.2) is 42.6 Å². The number of carbonyl (C=O) groups is 1. The highest BCUT2D eigenvalue weighted by molar-refractivity contribution is 6.31. The normalized spacial score (nSPS) is 17.1. The van der Waals surface area contributed by atoms with Gasteiger partial charge in [-0.2, -0.15) is 0 Å². The van der Waals surface area contributed by atoms with Gasteiger partial charge in [0.2, 0.25) is 11.9 Å². The highest BCUT2D eigenvalue weighted by Crippen LogP contribution is 2.40. The Morgan fingerprint density at radius 2 is 1.89 bits per heavy atom. The quantitative estimate of drug-likeness (QED) is 0.495. The Morgan fingerprint density at radius 1 is 1.11 bits per heavy atom. The number of nitrogens with zero attached hydrogens (tertiary/aromatic N) is 4. The number of rotatable bonds is 6. The van der Waals surface area contributed by atoms with E-state index in [0.717, 1.165) is 66.4 Å². The second kappa shape index (κ2) is 9.71. The first-order chi connectivity index (χ1) is 17.2. The van der Waals surface area contributed by atoms with E-state index in [4.69, 9.17) is 16.6 Å². The number of carbonyl (C=O) groups excluding carboxylic acids is 1. The highest BCUT2D eigenvalue weighted by Gasteiger charge is 2.39. The first-order valence-electron chi connectivity index (χ1n) is 12.5. The fourth-order valence-electron chi connectivity index (χ4n) is 5.10. The molecular weight excluding hydrogens is 472 g/mol. The van der Waals surface area contributed by atoms with Crippen LogP contribution in [0.3, 0.4) is 0 Å². The Hall–Kier alpha value is -3.16. The summed E-state index contributed by atoms with van der Waals surface area (Å²) in [5, 5.41) is 6.92. The molecule has 8 heteroatoms. The molecule has 1 saturated heterocycles. The summed E-state index contributed by atoms with van der Waals surface area (Å²) in [5.41, 5.74) is 6.70. The number of aromatic nitrogens is 2. The highest BCUT2D eigenvalue weighted by atomic mass is 35.5. The molecule has 1 amide bonds. The van der Waals surface area contributed by atoms with Gasteiger partial charge in [-0.1, -0.05) is 23.7 Å². The summed E-state index contributed by atoms with van der Waals surface area (Å²) in [6.45, 7) is 10.3. The molecule has 36 heavy (non-hydrogen) atoms. The second-order valence-electron chi connectivity index (χ2n) is 10.3. The van der Waals surface area contributed by atoms with E-state index >= 15 is 0 Å². The topological polar surface area (TPSA) is 73.4 Å². The molecule has 0 spiro atoms. The van der Waals surface area contributed by atoms with Crippen LogP contribution in [-0.2, 0) is 23.1 Å². The minimum atomic E-state index is -0.554. The Morgan fingerprint density at radius 3 is 2.64 bits per heavy atom. The third-order valence-electron chi connectivity index (χ3n) is 7.36. The number of amides is 1. The van der Waals surface area contributed by atoms with Gasteiger partial charge in [-0.3, -0.25) is 4.79 Å². The molecule has 0 saturated carbocycles. The summed E-state index contributed by atoms with van der Waals surface area (Å²) in [6, 6.07) is 12.5. The number of hydrogen-bond acceptors (Lipinski definition) is 6. The number of hydrogen-bond donors (Lipinski definition) is 2. The van der Waals surface area contributed by atoms with E-state index in [1.165, 1.54) is 5.69 Å².